The van der Waals surface area contributed by atoms with E-state index in [0.29, 0.717) is 26.1 Å². The summed E-state index contributed by atoms with van der Waals surface area (Å²) in [4.78, 5) is 14.9. The minimum absolute atomic E-state index is 0.130. The summed E-state index contributed by atoms with van der Waals surface area (Å²) in [5.74, 6) is 1.02. The third-order valence-corrected chi connectivity index (χ3v) is 6.33. The van der Waals surface area contributed by atoms with Gasteiger partial charge < -0.3 is 14.4 Å². The van der Waals surface area contributed by atoms with Crippen molar-refractivity contribution < 1.29 is 14.3 Å². The average Bonchev–Trinajstić information content (AvgIpc) is 3.17. The van der Waals surface area contributed by atoms with Gasteiger partial charge in [-0.15, -0.1) is 0 Å². The van der Waals surface area contributed by atoms with Gasteiger partial charge in [0.2, 0.25) is 5.91 Å². The van der Waals surface area contributed by atoms with Crippen molar-refractivity contribution in [2.45, 2.75) is 31.3 Å². The molecule has 6 nitrogen and oxygen atoms in total. The maximum absolute atomic E-state index is 13.0. The van der Waals surface area contributed by atoms with Gasteiger partial charge in [-0.3, -0.25) is 9.89 Å². The predicted molar refractivity (Wildman–Crippen MR) is 110 cm³/mol. The average molecular weight is 391 g/mol. The van der Waals surface area contributed by atoms with E-state index < -0.39 is 0 Å². The van der Waals surface area contributed by atoms with Crippen molar-refractivity contribution in [1.29, 1.82) is 0 Å². The molecule has 2 aliphatic heterocycles. The van der Waals surface area contributed by atoms with Gasteiger partial charge in [0, 0.05) is 24.0 Å². The first-order chi connectivity index (χ1) is 14.2. The molecule has 1 aromatic heterocycles. The molecule has 0 aliphatic carbocycles. The van der Waals surface area contributed by atoms with Gasteiger partial charge in [-0.1, -0.05) is 30.3 Å². The van der Waals surface area contributed by atoms with Crippen molar-refractivity contribution in [3.63, 3.8) is 0 Å². The van der Waals surface area contributed by atoms with Crippen molar-refractivity contribution in [3.8, 4) is 5.75 Å². The number of ether oxygens (including phenoxy) is 2. The molecule has 2 aliphatic rings. The highest BCUT2D eigenvalue weighted by atomic mass is 16.5. The molecule has 0 saturated carbocycles. The molecule has 0 unspecified atom stereocenters. The number of carbonyl (C=O) groups excluding carboxylic acids is 1. The first kappa shape index (κ1) is 18.2. The summed E-state index contributed by atoms with van der Waals surface area (Å²) in [6, 6.07) is 14.1. The topological polar surface area (TPSA) is 67.5 Å². The molecular weight excluding hydrogens is 366 g/mol. The fourth-order valence-electron chi connectivity index (χ4n) is 4.82. The zero-order chi connectivity index (χ0) is 19.8. The highest BCUT2D eigenvalue weighted by molar-refractivity contribution is 5.87. The van der Waals surface area contributed by atoms with Crippen LogP contribution in [0.15, 0.2) is 42.5 Å². The highest BCUT2D eigenvalue weighted by Gasteiger charge is 2.43. The second-order valence-corrected chi connectivity index (χ2v) is 7.86. The number of hydrogen-bond acceptors (Lipinski definition) is 4. The van der Waals surface area contributed by atoms with E-state index in [1.165, 1.54) is 11.1 Å². The molecule has 1 saturated heterocycles. The maximum Gasteiger partial charge on any atom is 0.228 e. The molecule has 1 spiro atoms. The van der Waals surface area contributed by atoms with E-state index in [1.54, 1.807) is 7.11 Å². The Morgan fingerprint density at radius 2 is 2.03 bits per heavy atom. The molecule has 0 atom stereocenters. The van der Waals surface area contributed by atoms with E-state index in [9.17, 15) is 4.79 Å². The number of likely N-dealkylation sites (tertiary alicyclic amines) is 1. The van der Waals surface area contributed by atoms with Gasteiger partial charge in [-0.25, -0.2) is 0 Å². The van der Waals surface area contributed by atoms with Crippen LogP contribution >= 0.6 is 0 Å². The first-order valence-corrected chi connectivity index (χ1v) is 10.2. The molecular formula is C23H25N3O3. The van der Waals surface area contributed by atoms with Crippen LogP contribution in [0.4, 0.5) is 0 Å². The summed E-state index contributed by atoms with van der Waals surface area (Å²) in [5, 5.41) is 8.35. The Bertz CT molecular complexity index is 1040. The highest BCUT2D eigenvalue weighted by Crippen LogP contribution is 2.45. The van der Waals surface area contributed by atoms with Crippen LogP contribution in [-0.4, -0.2) is 47.8 Å². The third kappa shape index (κ3) is 3.08. The van der Waals surface area contributed by atoms with Gasteiger partial charge >= 0.3 is 0 Å². The maximum atomic E-state index is 13.0. The van der Waals surface area contributed by atoms with E-state index in [2.05, 4.69) is 16.3 Å². The number of hydrogen-bond donors (Lipinski definition) is 1. The number of aromatic nitrogens is 2. The summed E-state index contributed by atoms with van der Waals surface area (Å²) in [6.45, 7) is 2.08. The van der Waals surface area contributed by atoms with Crippen LogP contribution in [0.1, 0.15) is 29.7 Å². The van der Waals surface area contributed by atoms with Gasteiger partial charge in [0.05, 0.1) is 31.3 Å². The lowest BCUT2D eigenvalue weighted by atomic mass is 9.78. The first-order valence-electron chi connectivity index (χ1n) is 10.2. The van der Waals surface area contributed by atoms with Crippen molar-refractivity contribution in [2.75, 3.05) is 26.8 Å². The number of methoxy groups -OCH3 is 1. The normalized spacial score (nSPS) is 18.0. The molecule has 150 valence electrons. The second-order valence-electron chi connectivity index (χ2n) is 7.86. The summed E-state index contributed by atoms with van der Waals surface area (Å²) in [7, 11) is 1.71. The third-order valence-electron chi connectivity index (χ3n) is 6.33. The van der Waals surface area contributed by atoms with Crippen LogP contribution < -0.4 is 4.74 Å². The van der Waals surface area contributed by atoms with E-state index in [-0.39, 0.29) is 11.5 Å². The Balaban J connectivity index is 1.33. The molecule has 1 fully saturated rings. The summed E-state index contributed by atoms with van der Waals surface area (Å²) in [5.41, 5.74) is 3.91. The van der Waals surface area contributed by atoms with Crippen molar-refractivity contribution in [3.05, 3.63) is 59.3 Å². The molecule has 5 rings (SSSR count). The Morgan fingerprint density at radius 3 is 2.86 bits per heavy atom. The number of para-hydroxylation sites is 1. The number of nitrogens with zero attached hydrogens (tertiary/aromatic N) is 2. The van der Waals surface area contributed by atoms with Crippen LogP contribution in [0.5, 0.6) is 5.75 Å². The minimum Gasteiger partial charge on any atom is -0.496 e. The molecule has 1 N–H and O–H groups in total. The lowest BCUT2D eigenvalue weighted by Crippen LogP contribution is -2.48. The Kier molecular flexibility index (Phi) is 4.51. The second kappa shape index (κ2) is 7.19. The lowest BCUT2D eigenvalue weighted by Gasteiger charge is -2.45. The van der Waals surface area contributed by atoms with Crippen LogP contribution in [0.25, 0.3) is 10.9 Å². The number of carbonyl (C=O) groups is 1. The standard InChI is InChI=1S/C23H25N3O3/c1-28-20-8-4-5-16-9-14-29-23(22(16)20)10-12-26(13-11-23)21(27)15-19-17-6-2-3-7-18(17)24-25-19/h2-8H,9-15H2,1H3,(H,24,25). The Hall–Kier alpha value is -2.86. The van der Waals surface area contributed by atoms with Gasteiger partial charge in [-0.2, -0.15) is 5.10 Å². The number of benzene rings is 2. The van der Waals surface area contributed by atoms with Crippen LogP contribution in [-0.2, 0) is 28.0 Å². The molecule has 6 heteroatoms. The number of rotatable bonds is 3. The molecule has 0 bridgehead atoms. The summed E-state index contributed by atoms with van der Waals surface area (Å²) < 4.78 is 12.0. The lowest BCUT2D eigenvalue weighted by molar-refractivity contribution is -0.140. The van der Waals surface area contributed by atoms with Gasteiger partial charge in [0.1, 0.15) is 11.4 Å². The fraction of sp³-hybridized carbons (Fsp3) is 0.391. The summed E-state index contributed by atoms with van der Waals surface area (Å²) >= 11 is 0. The number of amides is 1. The number of H-pyrrole nitrogens is 1. The molecule has 2 aromatic carbocycles. The number of aromatic amines is 1. The minimum atomic E-state index is -0.350. The number of piperidine rings is 1. The zero-order valence-electron chi connectivity index (χ0n) is 16.6. The number of fused-ring (bicyclic) bond motifs is 3. The predicted octanol–water partition coefficient (Wildman–Crippen LogP) is 3.20. The van der Waals surface area contributed by atoms with Crippen LogP contribution in [0, 0.1) is 0 Å². The molecule has 1 amide bonds. The monoisotopic (exact) mass is 391 g/mol. The Morgan fingerprint density at radius 1 is 1.21 bits per heavy atom. The van der Waals surface area contributed by atoms with Crippen molar-refractivity contribution in [1.82, 2.24) is 15.1 Å². The van der Waals surface area contributed by atoms with E-state index in [4.69, 9.17) is 9.47 Å². The molecule has 0 radical (unpaired) electrons. The van der Waals surface area contributed by atoms with E-state index in [1.807, 2.05) is 41.3 Å². The summed E-state index contributed by atoms with van der Waals surface area (Å²) in [6.07, 6.45) is 2.82. The van der Waals surface area contributed by atoms with Gasteiger partial charge in [0.25, 0.3) is 0 Å². The number of nitrogens with one attached hydrogen (secondary N) is 1. The van der Waals surface area contributed by atoms with Crippen LogP contribution in [0.2, 0.25) is 0 Å². The van der Waals surface area contributed by atoms with Gasteiger partial charge in [0.15, 0.2) is 0 Å². The molecule has 3 heterocycles. The molecule has 29 heavy (non-hydrogen) atoms. The van der Waals surface area contributed by atoms with Crippen LogP contribution in [0.3, 0.4) is 0 Å². The largest absolute Gasteiger partial charge is 0.496 e. The fourth-order valence-corrected chi connectivity index (χ4v) is 4.82. The van der Waals surface area contributed by atoms with E-state index >= 15 is 0 Å². The van der Waals surface area contributed by atoms with E-state index in [0.717, 1.165) is 41.6 Å². The molecule has 3 aromatic rings. The smallest absolute Gasteiger partial charge is 0.228 e. The van der Waals surface area contributed by atoms with Gasteiger partial charge in [-0.05, 0) is 37.0 Å². The van der Waals surface area contributed by atoms with Crippen molar-refractivity contribution >= 4 is 16.8 Å². The van der Waals surface area contributed by atoms with Crippen molar-refractivity contribution in [2.24, 2.45) is 0 Å². The quantitative estimate of drug-likeness (QED) is 0.745. The Labute approximate surface area is 169 Å². The zero-order valence-corrected chi connectivity index (χ0v) is 16.6. The SMILES string of the molecule is COc1cccc2c1C1(CCN(C(=O)Cc3[nH]nc4ccccc34)CC1)OCC2.